The average Bonchev–Trinajstić information content (AvgIpc) is 2.78. The highest BCUT2D eigenvalue weighted by Gasteiger charge is 2.30. The van der Waals surface area contributed by atoms with Crippen molar-refractivity contribution in [1.82, 2.24) is 4.90 Å². The maximum absolute atomic E-state index is 14.1. The summed E-state index contributed by atoms with van der Waals surface area (Å²) in [6, 6.07) is 18.9. The van der Waals surface area contributed by atoms with Gasteiger partial charge in [-0.3, -0.25) is 4.90 Å². The standard InChI is InChI=1S/C25H26FNO3/c1-28-21-9-4-6-17(12-21)16-27-11-10-18-14-23(29-2)24(30-3)15-22(18)25(27)19-7-5-8-20(26)13-19/h4-9,12-15,25H,10-11,16H2,1-3H3/t25-/m1/s1. The maximum atomic E-state index is 14.1. The zero-order chi connectivity index (χ0) is 21.1. The van der Waals surface area contributed by atoms with Crippen LogP contribution in [0.3, 0.4) is 0 Å². The first-order valence-electron chi connectivity index (χ1n) is 10.00. The van der Waals surface area contributed by atoms with Gasteiger partial charge >= 0.3 is 0 Å². The second-order valence-corrected chi connectivity index (χ2v) is 7.44. The van der Waals surface area contributed by atoms with Crippen LogP contribution in [-0.4, -0.2) is 32.8 Å². The van der Waals surface area contributed by atoms with Gasteiger partial charge in [-0.15, -0.1) is 0 Å². The predicted molar refractivity (Wildman–Crippen MR) is 115 cm³/mol. The van der Waals surface area contributed by atoms with Crippen LogP contribution in [0.15, 0.2) is 60.7 Å². The summed E-state index contributed by atoms with van der Waals surface area (Å²) in [6.07, 6.45) is 0.880. The van der Waals surface area contributed by atoms with E-state index in [1.165, 1.54) is 11.6 Å². The Morgan fingerprint density at radius 2 is 1.67 bits per heavy atom. The van der Waals surface area contributed by atoms with Crippen molar-refractivity contribution in [2.75, 3.05) is 27.9 Å². The van der Waals surface area contributed by atoms with Crippen molar-refractivity contribution in [3.63, 3.8) is 0 Å². The van der Waals surface area contributed by atoms with Gasteiger partial charge in [-0.1, -0.05) is 24.3 Å². The molecule has 0 saturated carbocycles. The zero-order valence-corrected chi connectivity index (χ0v) is 17.5. The van der Waals surface area contributed by atoms with E-state index in [1.807, 2.05) is 36.4 Å². The Morgan fingerprint density at radius 1 is 0.900 bits per heavy atom. The number of hydrogen-bond donors (Lipinski definition) is 0. The zero-order valence-electron chi connectivity index (χ0n) is 17.5. The van der Waals surface area contributed by atoms with E-state index in [2.05, 4.69) is 11.0 Å². The van der Waals surface area contributed by atoms with Crippen molar-refractivity contribution >= 4 is 0 Å². The summed E-state index contributed by atoms with van der Waals surface area (Å²) in [5.41, 5.74) is 4.39. The van der Waals surface area contributed by atoms with E-state index in [4.69, 9.17) is 14.2 Å². The molecule has 3 aromatic rings. The van der Waals surface area contributed by atoms with E-state index in [1.54, 1.807) is 33.5 Å². The van der Waals surface area contributed by atoms with Gasteiger partial charge in [0.25, 0.3) is 0 Å². The van der Waals surface area contributed by atoms with Gasteiger partial charge in [0.15, 0.2) is 11.5 Å². The van der Waals surface area contributed by atoms with Crippen molar-refractivity contribution in [2.45, 2.75) is 19.0 Å². The Bertz CT molecular complexity index is 1040. The Morgan fingerprint density at radius 3 is 2.40 bits per heavy atom. The minimum atomic E-state index is -0.235. The van der Waals surface area contributed by atoms with Crippen molar-refractivity contribution in [3.8, 4) is 17.2 Å². The van der Waals surface area contributed by atoms with Crippen LogP contribution >= 0.6 is 0 Å². The third-order valence-electron chi connectivity index (χ3n) is 5.66. The number of fused-ring (bicyclic) bond motifs is 1. The first-order chi connectivity index (χ1) is 14.6. The molecule has 156 valence electrons. The van der Waals surface area contributed by atoms with Crippen LogP contribution in [0, 0.1) is 5.82 Å². The highest BCUT2D eigenvalue weighted by Crippen LogP contribution is 2.41. The van der Waals surface area contributed by atoms with E-state index in [0.717, 1.165) is 47.7 Å². The lowest BCUT2D eigenvalue weighted by molar-refractivity contribution is 0.203. The van der Waals surface area contributed by atoms with Crippen LogP contribution < -0.4 is 14.2 Å². The number of halogens is 1. The van der Waals surface area contributed by atoms with Crippen LogP contribution in [0.2, 0.25) is 0 Å². The molecule has 0 unspecified atom stereocenters. The summed E-state index contributed by atoms with van der Waals surface area (Å²) >= 11 is 0. The molecule has 0 bridgehead atoms. The molecule has 0 aromatic heterocycles. The van der Waals surface area contributed by atoms with Crippen LogP contribution in [0.4, 0.5) is 4.39 Å². The Labute approximate surface area is 176 Å². The van der Waals surface area contributed by atoms with Crippen molar-refractivity contribution in [2.24, 2.45) is 0 Å². The predicted octanol–water partition coefficient (Wildman–Crippen LogP) is 5.00. The van der Waals surface area contributed by atoms with Crippen LogP contribution in [0.5, 0.6) is 17.2 Å². The second kappa shape index (κ2) is 8.76. The summed E-state index contributed by atoms with van der Waals surface area (Å²) in [4.78, 5) is 2.37. The molecule has 4 nitrogen and oxygen atoms in total. The van der Waals surface area contributed by atoms with Gasteiger partial charge in [0.05, 0.1) is 27.4 Å². The molecular formula is C25H26FNO3. The molecule has 0 amide bonds. The molecule has 0 saturated heterocycles. The van der Waals surface area contributed by atoms with Crippen LogP contribution in [-0.2, 0) is 13.0 Å². The monoisotopic (exact) mass is 407 g/mol. The average molecular weight is 407 g/mol. The normalized spacial score (nSPS) is 16.1. The lowest BCUT2D eigenvalue weighted by Gasteiger charge is -2.38. The van der Waals surface area contributed by atoms with E-state index >= 15 is 0 Å². The maximum Gasteiger partial charge on any atom is 0.161 e. The largest absolute Gasteiger partial charge is 0.497 e. The fraction of sp³-hybridized carbons (Fsp3) is 0.280. The molecule has 0 aliphatic carbocycles. The molecule has 1 aliphatic rings. The topological polar surface area (TPSA) is 30.9 Å². The van der Waals surface area contributed by atoms with E-state index < -0.39 is 0 Å². The van der Waals surface area contributed by atoms with Gasteiger partial charge in [0.2, 0.25) is 0 Å². The molecule has 0 N–H and O–H groups in total. The molecule has 0 spiro atoms. The highest BCUT2D eigenvalue weighted by molar-refractivity contribution is 5.51. The summed E-state index contributed by atoms with van der Waals surface area (Å²) in [5.74, 6) is 2.00. The van der Waals surface area contributed by atoms with Crippen molar-refractivity contribution in [1.29, 1.82) is 0 Å². The van der Waals surface area contributed by atoms with Crippen molar-refractivity contribution in [3.05, 3.63) is 88.7 Å². The summed E-state index contributed by atoms with van der Waals surface area (Å²) in [6.45, 7) is 1.58. The third kappa shape index (κ3) is 3.98. The summed E-state index contributed by atoms with van der Waals surface area (Å²) < 4.78 is 30.6. The Balaban J connectivity index is 1.79. The molecule has 4 rings (SSSR count). The smallest absolute Gasteiger partial charge is 0.161 e. The van der Waals surface area contributed by atoms with Gasteiger partial charge in [0, 0.05) is 13.1 Å². The van der Waals surface area contributed by atoms with E-state index in [0.29, 0.717) is 5.75 Å². The molecule has 1 aliphatic heterocycles. The fourth-order valence-corrected chi connectivity index (χ4v) is 4.24. The highest BCUT2D eigenvalue weighted by atomic mass is 19.1. The number of ether oxygens (including phenoxy) is 3. The van der Waals surface area contributed by atoms with Gasteiger partial charge in [-0.2, -0.15) is 0 Å². The SMILES string of the molecule is COc1cccc(CN2CCc3cc(OC)c(OC)cc3[C@H]2c2cccc(F)c2)c1. The molecule has 1 heterocycles. The number of nitrogens with zero attached hydrogens (tertiary/aromatic N) is 1. The van der Waals surface area contributed by atoms with Gasteiger partial charge in [-0.25, -0.2) is 4.39 Å². The molecular weight excluding hydrogens is 381 g/mol. The lowest BCUT2D eigenvalue weighted by Crippen LogP contribution is -2.35. The first-order valence-corrected chi connectivity index (χ1v) is 10.00. The fourth-order valence-electron chi connectivity index (χ4n) is 4.24. The molecule has 0 fully saturated rings. The lowest BCUT2D eigenvalue weighted by atomic mass is 9.87. The quantitative estimate of drug-likeness (QED) is 0.575. The van der Waals surface area contributed by atoms with Crippen LogP contribution in [0.1, 0.15) is 28.3 Å². The number of benzene rings is 3. The van der Waals surface area contributed by atoms with Gasteiger partial charge in [-0.05, 0) is 65.1 Å². The molecule has 3 aromatic carbocycles. The van der Waals surface area contributed by atoms with Crippen molar-refractivity contribution < 1.29 is 18.6 Å². The first kappa shape index (κ1) is 20.2. The Hall–Kier alpha value is -3.05. The minimum absolute atomic E-state index is 0.0875. The molecule has 1 atom stereocenters. The van der Waals surface area contributed by atoms with E-state index in [9.17, 15) is 4.39 Å². The summed E-state index contributed by atoms with van der Waals surface area (Å²) in [5, 5.41) is 0. The van der Waals surface area contributed by atoms with Gasteiger partial charge < -0.3 is 14.2 Å². The number of methoxy groups -OCH3 is 3. The number of hydrogen-bond acceptors (Lipinski definition) is 4. The second-order valence-electron chi connectivity index (χ2n) is 7.44. The van der Waals surface area contributed by atoms with Gasteiger partial charge in [0.1, 0.15) is 11.6 Å². The molecule has 30 heavy (non-hydrogen) atoms. The van der Waals surface area contributed by atoms with Crippen LogP contribution in [0.25, 0.3) is 0 Å². The number of rotatable bonds is 6. The molecule has 5 heteroatoms. The molecule has 0 radical (unpaired) electrons. The van der Waals surface area contributed by atoms with E-state index in [-0.39, 0.29) is 11.9 Å². The third-order valence-corrected chi connectivity index (χ3v) is 5.66. The summed E-state index contributed by atoms with van der Waals surface area (Å²) in [7, 11) is 4.95. The Kier molecular flexibility index (Phi) is 5.91. The minimum Gasteiger partial charge on any atom is -0.497 e.